The SMILES string of the molecule is Cc1nc2ncc(-c3ccc4c(c3)CN(c3nc(CN(C)C(C)C)nc5c3CC(C)(C)CC5)CCO4)cc2[nH]1. The summed E-state index contributed by atoms with van der Waals surface area (Å²) in [6.07, 6.45) is 5.06. The van der Waals surface area contributed by atoms with Crippen LogP contribution in [0.4, 0.5) is 5.82 Å². The number of imidazole rings is 1. The Morgan fingerprint density at radius 3 is 2.79 bits per heavy atom. The number of nitrogens with one attached hydrogen (secondary N) is 1. The average Bonchev–Trinajstić information content (AvgIpc) is 3.13. The molecule has 0 fully saturated rings. The van der Waals surface area contributed by atoms with Gasteiger partial charge in [-0.05, 0) is 76.3 Å². The number of fused-ring (bicyclic) bond motifs is 3. The van der Waals surface area contributed by atoms with E-state index in [9.17, 15) is 0 Å². The van der Waals surface area contributed by atoms with Gasteiger partial charge in [0.05, 0.1) is 18.6 Å². The van der Waals surface area contributed by atoms with Crippen molar-refractivity contribution in [2.45, 2.75) is 73.0 Å². The van der Waals surface area contributed by atoms with Gasteiger partial charge in [-0.3, -0.25) is 4.90 Å². The molecule has 2 aliphatic rings. The Hall–Kier alpha value is -3.52. The van der Waals surface area contributed by atoms with E-state index in [1.165, 1.54) is 11.3 Å². The lowest BCUT2D eigenvalue weighted by Crippen LogP contribution is -2.33. The van der Waals surface area contributed by atoms with Gasteiger partial charge in [-0.2, -0.15) is 0 Å². The summed E-state index contributed by atoms with van der Waals surface area (Å²) < 4.78 is 6.25. The maximum atomic E-state index is 6.25. The molecule has 8 heteroatoms. The summed E-state index contributed by atoms with van der Waals surface area (Å²) in [5, 5.41) is 0. The molecule has 39 heavy (non-hydrogen) atoms. The Labute approximate surface area is 230 Å². The van der Waals surface area contributed by atoms with Crippen molar-refractivity contribution in [1.82, 2.24) is 29.8 Å². The van der Waals surface area contributed by atoms with Crippen LogP contribution in [0.2, 0.25) is 0 Å². The molecule has 1 aromatic carbocycles. The van der Waals surface area contributed by atoms with E-state index in [0.717, 1.165) is 90.0 Å². The van der Waals surface area contributed by atoms with Crippen molar-refractivity contribution in [3.8, 4) is 16.9 Å². The molecule has 0 spiro atoms. The molecular formula is C31H39N7O. The lowest BCUT2D eigenvalue weighted by Gasteiger charge is -2.34. The first kappa shape index (κ1) is 25.7. The van der Waals surface area contributed by atoms with Crippen LogP contribution in [-0.2, 0) is 25.9 Å². The summed E-state index contributed by atoms with van der Waals surface area (Å²) in [6.45, 7) is 14.0. The largest absolute Gasteiger partial charge is 0.491 e. The van der Waals surface area contributed by atoms with Crippen molar-refractivity contribution in [3.05, 3.63) is 58.9 Å². The van der Waals surface area contributed by atoms with Gasteiger partial charge < -0.3 is 14.6 Å². The van der Waals surface area contributed by atoms with Crippen LogP contribution in [0.25, 0.3) is 22.3 Å². The van der Waals surface area contributed by atoms with E-state index in [1.54, 1.807) is 0 Å². The van der Waals surface area contributed by atoms with Gasteiger partial charge in [0, 0.05) is 41.2 Å². The highest BCUT2D eigenvalue weighted by Crippen LogP contribution is 2.39. The molecule has 4 aromatic rings. The van der Waals surface area contributed by atoms with Crippen LogP contribution < -0.4 is 9.64 Å². The summed E-state index contributed by atoms with van der Waals surface area (Å²) in [6, 6.07) is 9.02. The molecule has 0 bridgehead atoms. The summed E-state index contributed by atoms with van der Waals surface area (Å²) in [5.74, 6) is 3.80. The number of anilines is 1. The molecule has 0 saturated heterocycles. The van der Waals surface area contributed by atoms with Crippen molar-refractivity contribution in [3.63, 3.8) is 0 Å². The predicted molar refractivity (Wildman–Crippen MR) is 155 cm³/mol. The fourth-order valence-electron chi connectivity index (χ4n) is 5.65. The van der Waals surface area contributed by atoms with E-state index in [-0.39, 0.29) is 5.41 Å². The fraction of sp³-hybridized carbons (Fsp3) is 0.484. The third-order valence-corrected chi connectivity index (χ3v) is 8.21. The highest BCUT2D eigenvalue weighted by molar-refractivity contribution is 5.78. The summed E-state index contributed by atoms with van der Waals surface area (Å²) in [4.78, 5) is 27.3. The van der Waals surface area contributed by atoms with Crippen LogP contribution >= 0.6 is 0 Å². The van der Waals surface area contributed by atoms with Gasteiger partial charge in [0.25, 0.3) is 0 Å². The molecule has 0 unspecified atom stereocenters. The molecule has 4 heterocycles. The fourth-order valence-corrected chi connectivity index (χ4v) is 5.65. The van der Waals surface area contributed by atoms with E-state index < -0.39 is 0 Å². The lowest BCUT2D eigenvalue weighted by molar-refractivity contribution is 0.257. The topological polar surface area (TPSA) is 83.1 Å². The molecule has 3 aromatic heterocycles. The standard InChI is InChI=1S/C31H39N7O/c1-19(2)37(6)18-28-35-25-9-10-31(4,5)15-24(25)30(36-28)38-11-12-39-27-8-7-21(13-23(27)17-38)22-14-26-29(32-16-22)34-20(3)33-26/h7-8,13-14,16,19H,9-12,15,17-18H2,1-6H3,(H,32,33,34). The van der Waals surface area contributed by atoms with Crippen LogP contribution in [-0.4, -0.2) is 56.1 Å². The molecule has 204 valence electrons. The van der Waals surface area contributed by atoms with Crippen molar-refractivity contribution in [1.29, 1.82) is 0 Å². The van der Waals surface area contributed by atoms with Crippen molar-refractivity contribution in [2.24, 2.45) is 5.41 Å². The van der Waals surface area contributed by atoms with Gasteiger partial charge in [0.15, 0.2) is 5.65 Å². The molecule has 1 N–H and O–H groups in total. The Balaban J connectivity index is 1.37. The first-order valence-corrected chi connectivity index (χ1v) is 14.1. The second kappa shape index (κ2) is 9.90. The zero-order valence-corrected chi connectivity index (χ0v) is 24.0. The number of pyridine rings is 1. The van der Waals surface area contributed by atoms with Crippen LogP contribution in [0, 0.1) is 12.3 Å². The number of benzene rings is 1. The minimum Gasteiger partial charge on any atom is -0.491 e. The molecule has 0 saturated carbocycles. The van der Waals surface area contributed by atoms with Crippen LogP contribution in [0.1, 0.15) is 62.6 Å². The quantitative estimate of drug-likeness (QED) is 0.370. The Morgan fingerprint density at radius 1 is 1.13 bits per heavy atom. The highest BCUT2D eigenvalue weighted by Gasteiger charge is 2.32. The van der Waals surface area contributed by atoms with Gasteiger partial charge in [0.1, 0.15) is 29.8 Å². The minimum absolute atomic E-state index is 0.242. The van der Waals surface area contributed by atoms with Crippen LogP contribution in [0.5, 0.6) is 5.75 Å². The Morgan fingerprint density at radius 2 is 1.97 bits per heavy atom. The van der Waals surface area contributed by atoms with Gasteiger partial charge in [-0.15, -0.1) is 0 Å². The van der Waals surface area contributed by atoms with Crippen molar-refractivity contribution < 1.29 is 4.74 Å². The predicted octanol–water partition coefficient (Wildman–Crippen LogP) is 5.48. The molecule has 8 nitrogen and oxygen atoms in total. The maximum Gasteiger partial charge on any atom is 0.177 e. The van der Waals surface area contributed by atoms with Crippen molar-refractivity contribution in [2.75, 3.05) is 25.1 Å². The first-order valence-electron chi connectivity index (χ1n) is 14.1. The number of aryl methyl sites for hydroxylation is 2. The number of aromatic nitrogens is 5. The zero-order chi connectivity index (χ0) is 27.3. The van der Waals surface area contributed by atoms with Gasteiger partial charge in [-0.25, -0.2) is 19.9 Å². The molecule has 1 aliphatic heterocycles. The molecule has 0 atom stereocenters. The Bertz CT molecular complexity index is 1520. The van der Waals surface area contributed by atoms with Crippen molar-refractivity contribution >= 4 is 17.0 Å². The second-order valence-electron chi connectivity index (χ2n) is 12.2. The van der Waals surface area contributed by atoms with Crippen LogP contribution in [0.3, 0.4) is 0 Å². The summed E-state index contributed by atoms with van der Waals surface area (Å²) in [7, 11) is 2.14. The molecule has 1 aliphatic carbocycles. The van der Waals surface area contributed by atoms with Gasteiger partial charge >= 0.3 is 0 Å². The van der Waals surface area contributed by atoms with E-state index in [1.807, 2.05) is 13.1 Å². The first-order chi connectivity index (χ1) is 18.6. The molecule has 0 radical (unpaired) electrons. The summed E-state index contributed by atoms with van der Waals surface area (Å²) >= 11 is 0. The number of hydrogen-bond acceptors (Lipinski definition) is 7. The number of nitrogens with zero attached hydrogens (tertiary/aromatic N) is 6. The van der Waals surface area contributed by atoms with Crippen LogP contribution in [0.15, 0.2) is 30.5 Å². The van der Waals surface area contributed by atoms with E-state index in [0.29, 0.717) is 12.6 Å². The average molecular weight is 526 g/mol. The van der Waals surface area contributed by atoms with E-state index in [4.69, 9.17) is 14.7 Å². The third kappa shape index (κ3) is 5.22. The normalized spacial score (nSPS) is 16.8. The number of aromatic amines is 1. The van der Waals surface area contributed by atoms with Gasteiger partial charge in [-0.1, -0.05) is 19.9 Å². The second-order valence-corrected chi connectivity index (χ2v) is 12.2. The zero-order valence-electron chi connectivity index (χ0n) is 24.0. The summed E-state index contributed by atoms with van der Waals surface area (Å²) in [5.41, 5.74) is 7.81. The smallest absolute Gasteiger partial charge is 0.177 e. The third-order valence-electron chi connectivity index (χ3n) is 8.21. The number of H-pyrrole nitrogens is 1. The van der Waals surface area contributed by atoms with Gasteiger partial charge in [0.2, 0.25) is 0 Å². The lowest BCUT2D eigenvalue weighted by atomic mass is 9.76. The van der Waals surface area contributed by atoms with E-state index >= 15 is 0 Å². The molecule has 0 amide bonds. The number of hydrogen-bond donors (Lipinski definition) is 1. The minimum atomic E-state index is 0.242. The van der Waals surface area contributed by atoms with E-state index in [2.05, 4.69) is 83.8 Å². The highest BCUT2D eigenvalue weighted by atomic mass is 16.5. The number of ether oxygens (including phenoxy) is 1. The Kier molecular flexibility index (Phi) is 6.53. The maximum absolute atomic E-state index is 6.25. The number of rotatable bonds is 5. The monoisotopic (exact) mass is 525 g/mol. The molecule has 6 rings (SSSR count). The molecular weight excluding hydrogens is 486 g/mol.